The first-order valence-corrected chi connectivity index (χ1v) is 51.8. The number of rotatable bonds is 64. The quantitative estimate of drug-likeness (QED) is 0.0143. The average Bonchev–Trinajstić information content (AvgIpc) is 1.81. The van der Waals surface area contributed by atoms with Crippen LogP contribution in [-0.2, 0) is 86.7 Å². The second-order valence-electron chi connectivity index (χ2n) is 33.6. The Hall–Kier alpha value is 0.760. The van der Waals surface area contributed by atoms with Crippen molar-refractivity contribution >= 4 is 36.1 Å². The summed E-state index contributed by atoms with van der Waals surface area (Å²) in [5, 5.41) is 49.4. The molecule has 0 radical (unpaired) electrons. The predicted molar refractivity (Wildman–Crippen MR) is 474 cm³/mol. The summed E-state index contributed by atoms with van der Waals surface area (Å²) >= 11 is 0. The molecule has 121 heavy (non-hydrogen) atoms. The third-order valence-electron chi connectivity index (χ3n) is 21.2. The zero-order valence-electron chi connectivity index (χ0n) is 79.3. The summed E-state index contributed by atoms with van der Waals surface area (Å²) in [4.78, 5) is 10.7. The van der Waals surface area contributed by atoms with Gasteiger partial charge in [-0.1, -0.05) is 291 Å². The molecular formula is C90H182Na2O26S3. The number of carbonyl (C=O) groups excluding carboxylic acids is 1. The average molecular weight is 1820 g/mol. The van der Waals surface area contributed by atoms with E-state index in [0.29, 0.717) is 65.1 Å². The van der Waals surface area contributed by atoms with E-state index in [1.54, 1.807) is 6.92 Å². The predicted octanol–water partition coefficient (Wildman–Crippen LogP) is 12.2. The van der Waals surface area contributed by atoms with Gasteiger partial charge in [0.1, 0.15) is 36.3 Å². The molecule has 4 atom stereocenters. The van der Waals surface area contributed by atoms with Crippen LogP contribution in [0.5, 0.6) is 0 Å². The van der Waals surface area contributed by atoms with Crippen LogP contribution in [0.15, 0.2) is 0 Å². The molecule has 5 aliphatic rings. The summed E-state index contributed by atoms with van der Waals surface area (Å²) in [5.74, 6) is -2.22. The van der Waals surface area contributed by atoms with Crippen LogP contribution < -0.4 is 59.1 Å². The molecule has 0 amide bonds. The van der Waals surface area contributed by atoms with Crippen LogP contribution in [0.25, 0.3) is 0 Å². The van der Waals surface area contributed by atoms with Gasteiger partial charge >= 0.3 is 59.1 Å². The second kappa shape index (κ2) is 87.4. The van der Waals surface area contributed by atoms with Crippen molar-refractivity contribution in [1.29, 1.82) is 0 Å². The number of unbranched alkanes of at least 4 members (excludes halogenated alkanes) is 40. The SMILES string of the molecule is CCCCCCCCCCCC(C)=O.CCCCCCCCCCCC1(C)OCC(CO)O1.CCCCCCCCCCCC1(C)OCC(COCCCS(=O)(=O)[O-])O1.CCCCCCCCCCCC1(C)OCC(O)CO1.CCCCCCCCCCCC1(C)OCC(OCCCS(=O)(=O)[O-])CO1.CO.O=S1(=O)CCCO1.OCC(O)CO.[Na+].[Na+]. The molecule has 5 aliphatic heterocycles. The topological polar surface area (TPSA) is 389 Å². The molecular weight excluding hydrogens is 1640 g/mol. The van der Waals surface area contributed by atoms with Gasteiger partial charge in [-0.25, -0.2) is 16.8 Å². The van der Waals surface area contributed by atoms with Gasteiger partial charge in [-0.15, -0.1) is 0 Å². The van der Waals surface area contributed by atoms with Crippen LogP contribution in [0, 0.1) is 0 Å². The van der Waals surface area contributed by atoms with Crippen LogP contribution in [0.1, 0.15) is 410 Å². The first-order chi connectivity index (χ1) is 56.8. The summed E-state index contributed by atoms with van der Waals surface area (Å²) < 4.78 is 145. The van der Waals surface area contributed by atoms with Gasteiger partial charge in [0.25, 0.3) is 10.1 Å². The molecule has 6 N–H and O–H groups in total. The maximum Gasteiger partial charge on any atom is 1.00 e. The number of ketones is 1. The molecule has 0 aromatic heterocycles. The van der Waals surface area contributed by atoms with E-state index in [0.717, 1.165) is 71.3 Å². The van der Waals surface area contributed by atoms with Gasteiger partial charge in [-0.2, -0.15) is 8.42 Å². The molecule has 0 aromatic rings. The van der Waals surface area contributed by atoms with Crippen molar-refractivity contribution in [2.75, 3.05) is 110 Å². The Kier molecular flexibility index (Phi) is 94.1. The molecule has 5 fully saturated rings. The van der Waals surface area contributed by atoms with Gasteiger partial charge in [0.15, 0.2) is 23.1 Å². The summed E-state index contributed by atoms with van der Waals surface area (Å²) in [5.41, 5.74) is 0. The van der Waals surface area contributed by atoms with Crippen molar-refractivity contribution < 1.29 is 180 Å². The van der Waals surface area contributed by atoms with E-state index < -0.39 is 71.5 Å². The normalized spacial score (nSPS) is 22.2. The Morgan fingerprint density at radius 2 is 0.719 bits per heavy atom. The van der Waals surface area contributed by atoms with E-state index >= 15 is 0 Å². The van der Waals surface area contributed by atoms with Crippen molar-refractivity contribution in [3.05, 3.63) is 0 Å². The van der Waals surface area contributed by atoms with Crippen LogP contribution in [0.2, 0.25) is 0 Å². The molecule has 4 unspecified atom stereocenters. The Balaban J connectivity index is -0.000000446. The maximum atomic E-state index is 10.7. The standard InChI is InChI=1S/2C19H38O6S.2C16H32O3.C13H26O.C3H6O3S.C3H8O3.CH4O.2Na/c1-3-4-5-6-7-8-9-10-11-13-19(2)24-16-18(17-25-19)23-14-12-15-26(20,21)22;1-3-4-5-6-7-8-9-10-11-13-19(2)24-17-18(25-19)16-23-14-12-15-26(20,21)22;1-3-4-5-6-7-8-9-10-11-12-16(2)18-13-15(17)14-19-16;1-3-4-5-6-7-8-9-10-11-12-16(2)18-14-15(13-17)19-16;1-3-4-5-6-7-8-9-10-11-12-13(2)14;4-7(5)3-1-2-6-7;4-1-3(6)2-5;1-2;;/h2*18H,3-17H2,1-2H3,(H,20,21,22);2*15,17H,3-14H2,1-2H3;3-12H2,1-2H3;1-3H2;3-6H,1-2H2;2H,1H3;;/q;;;;;;;;2*+1/p-2. The fraction of sp³-hybridized carbons (Fsp3) is 0.989. The third-order valence-corrected chi connectivity index (χ3v) is 24.1. The number of hydrogen-bond acceptors (Lipinski definition) is 26. The van der Waals surface area contributed by atoms with E-state index in [-0.39, 0.29) is 135 Å². The molecule has 5 saturated heterocycles. The van der Waals surface area contributed by atoms with E-state index in [1.165, 1.54) is 257 Å². The first kappa shape index (κ1) is 130. The summed E-state index contributed by atoms with van der Waals surface area (Å²) in [6.07, 6.45) is 62.9. The van der Waals surface area contributed by atoms with E-state index in [4.69, 9.17) is 72.9 Å². The summed E-state index contributed by atoms with van der Waals surface area (Å²) in [6, 6.07) is 0. The van der Waals surface area contributed by atoms with Crippen LogP contribution in [0.3, 0.4) is 0 Å². The minimum Gasteiger partial charge on any atom is -0.748 e. The van der Waals surface area contributed by atoms with Crippen LogP contribution >= 0.6 is 0 Å². The van der Waals surface area contributed by atoms with Gasteiger partial charge in [-0.05, 0) is 86.0 Å². The number of aliphatic hydroxyl groups is 6. The molecule has 0 aliphatic carbocycles. The second-order valence-corrected chi connectivity index (χ2v) is 38.4. The number of carbonyl (C=O) groups is 1. The zero-order valence-corrected chi connectivity index (χ0v) is 85.7. The van der Waals surface area contributed by atoms with Gasteiger partial charge in [0, 0.05) is 63.9 Å². The van der Waals surface area contributed by atoms with Crippen molar-refractivity contribution in [1.82, 2.24) is 0 Å². The number of Topliss-reactive ketones (excluding diaryl/α,β-unsaturated/α-hetero) is 1. The van der Waals surface area contributed by atoms with E-state index in [1.807, 2.05) is 27.7 Å². The summed E-state index contributed by atoms with van der Waals surface area (Å²) in [7, 11) is -10.4. The molecule has 0 spiro atoms. The number of ether oxygens (including phenoxy) is 10. The maximum absolute atomic E-state index is 10.7. The molecule has 0 bridgehead atoms. The Labute approximate surface area is 783 Å². The van der Waals surface area contributed by atoms with Crippen molar-refractivity contribution in [2.45, 2.75) is 463 Å². The zero-order chi connectivity index (χ0) is 89.5. The van der Waals surface area contributed by atoms with Gasteiger partial charge in [0.05, 0.1) is 98.7 Å². The summed E-state index contributed by atoms with van der Waals surface area (Å²) in [6.45, 7) is 24.2. The van der Waals surface area contributed by atoms with Crippen molar-refractivity contribution in [3.8, 4) is 0 Å². The molecule has 0 aromatic carbocycles. The molecule has 718 valence electrons. The molecule has 0 saturated carbocycles. The largest absolute Gasteiger partial charge is 1.00 e. The van der Waals surface area contributed by atoms with Gasteiger partial charge in [-0.3, -0.25) is 4.18 Å². The number of hydrogen-bond donors (Lipinski definition) is 6. The molecule has 31 heteroatoms. The molecule has 5 heterocycles. The van der Waals surface area contributed by atoms with E-state index in [2.05, 4.69) is 38.8 Å². The first-order valence-electron chi connectivity index (χ1n) is 47.1. The van der Waals surface area contributed by atoms with Crippen LogP contribution in [-0.4, -0.2) is 235 Å². The van der Waals surface area contributed by atoms with Gasteiger partial charge < -0.3 is 91.9 Å². The van der Waals surface area contributed by atoms with E-state index in [9.17, 15) is 44.3 Å². The monoisotopic (exact) mass is 1820 g/mol. The minimum atomic E-state index is -4.16. The Bertz CT molecular complexity index is 2480. The fourth-order valence-corrected chi connectivity index (χ4v) is 15.7. The van der Waals surface area contributed by atoms with Crippen molar-refractivity contribution in [2.24, 2.45) is 0 Å². The van der Waals surface area contributed by atoms with Crippen LogP contribution in [0.4, 0.5) is 0 Å². The fourth-order valence-electron chi connectivity index (χ4n) is 13.8. The molecule has 26 nitrogen and oxygen atoms in total. The number of aliphatic hydroxyl groups excluding tert-OH is 6. The third kappa shape index (κ3) is 89.7. The minimum absolute atomic E-state index is 0. The Morgan fingerprint density at radius 1 is 0.430 bits per heavy atom. The molecule has 5 rings (SSSR count). The van der Waals surface area contributed by atoms with Crippen molar-refractivity contribution in [3.63, 3.8) is 0 Å². The smallest absolute Gasteiger partial charge is 0.748 e. The Morgan fingerprint density at radius 3 is 0.992 bits per heavy atom. The van der Waals surface area contributed by atoms with Gasteiger partial charge in [0.2, 0.25) is 0 Å².